The lowest BCUT2D eigenvalue weighted by atomic mass is 10.0. The second-order valence-electron chi connectivity index (χ2n) is 3.52. The van der Waals surface area contributed by atoms with Gasteiger partial charge in [0.1, 0.15) is 0 Å². The van der Waals surface area contributed by atoms with Gasteiger partial charge in [-0.25, -0.2) is 0 Å². The van der Waals surface area contributed by atoms with Crippen LogP contribution >= 0.6 is 0 Å². The Bertz CT molecular complexity index is 527. The summed E-state index contributed by atoms with van der Waals surface area (Å²) in [7, 11) is 0. The fourth-order valence-electron chi connectivity index (χ4n) is 1.56. The number of hydrogen-bond donors (Lipinski definition) is 3. The maximum absolute atomic E-state index is 11.2. The molecule has 0 spiro atoms. The molecule has 0 unspecified atom stereocenters. The number of primary amides is 1. The van der Waals surface area contributed by atoms with Gasteiger partial charge in [0.25, 0.3) is 5.91 Å². The minimum absolute atomic E-state index is 0.396. The molecule has 6 N–H and O–H groups in total. The van der Waals surface area contributed by atoms with Crippen molar-refractivity contribution in [3.8, 4) is 11.1 Å². The Morgan fingerprint density at radius 1 is 1.12 bits per heavy atom. The Balaban J connectivity index is 2.55. The van der Waals surface area contributed by atoms with E-state index in [4.69, 9.17) is 17.3 Å². The number of amides is 1. The van der Waals surface area contributed by atoms with Gasteiger partial charge in [-0.2, -0.15) is 0 Å². The quantitative estimate of drug-likeness (QED) is 0.504. The zero-order valence-electron chi connectivity index (χ0n) is 8.55. The molecule has 0 saturated heterocycles. The minimum Gasteiger partial charge on any atom is -0.399 e. The van der Waals surface area contributed by atoms with E-state index in [2.05, 4.69) is 0 Å². The van der Waals surface area contributed by atoms with Crippen molar-refractivity contribution in [2.45, 2.75) is 0 Å². The van der Waals surface area contributed by atoms with Crippen LogP contribution in [0.3, 0.4) is 0 Å². The van der Waals surface area contributed by atoms with Crippen LogP contribution in [0, 0.1) is 0 Å². The number of nitrogens with two attached hydrogens (primary N) is 3. The first kappa shape index (κ1) is 10.1. The van der Waals surface area contributed by atoms with Gasteiger partial charge in [-0.15, -0.1) is 0 Å². The maximum Gasteiger partial charge on any atom is 0.250 e. The molecule has 0 radical (unpaired) electrons. The fourth-order valence-corrected chi connectivity index (χ4v) is 1.56. The van der Waals surface area contributed by atoms with E-state index < -0.39 is 5.91 Å². The van der Waals surface area contributed by atoms with Gasteiger partial charge in [-0.3, -0.25) is 9.47 Å². The summed E-state index contributed by atoms with van der Waals surface area (Å²) in [6, 6.07) is 7.15. The predicted molar refractivity (Wildman–Crippen MR) is 62.9 cm³/mol. The second kappa shape index (κ2) is 3.62. The number of carbonyl (C=O) groups excluding carboxylic acids is 1. The average Bonchev–Trinajstić information content (AvgIpc) is 2.61. The summed E-state index contributed by atoms with van der Waals surface area (Å²) in [5.74, 6) is 5.06. The van der Waals surface area contributed by atoms with Crippen LogP contribution in [0.15, 0.2) is 36.7 Å². The molecule has 0 saturated carbocycles. The summed E-state index contributed by atoms with van der Waals surface area (Å²) in [6.45, 7) is 0. The number of hydrogen-bond acceptors (Lipinski definition) is 3. The van der Waals surface area contributed by atoms with Gasteiger partial charge in [0.05, 0.1) is 5.56 Å². The molecular formula is C11H12N4O. The molecule has 5 nitrogen and oxygen atoms in total. The standard InChI is InChI=1S/C11H12N4O/c12-8-3-1-7(2-4-8)9-5-15(14)6-10(9)11(13)16/h1-6H,12,14H2,(H2,13,16). The van der Waals surface area contributed by atoms with E-state index in [1.54, 1.807) is 18.3 Å². The van der Waals surface area contributed by atoms with Crippen LogP contribution in [0.4, 0.5) is 5.69 Å². The number of benzene rings is 1. The molecule has 1 heterocycles. The van der Waals surface area contributed by atoms with Gasteiger partial charge < -0.3 is 17.3 Å². The SMILES string of the molecule is NC(=O)c1cn(N)cc1-c1ccc(N)cc1. The molecule has 16 heavy (non-hydrogen) atoms. The van der Waals surface area contributed by atoms with Crippen LogP contribution in [0.1, 0.15) is 10.4 Å². The lowest BCUT2D eigenvalue weighted by Crippen LogP contribution is -2.11. The van der Waals surface area contributed by atoms with Crippen LogP contribution in [0.2, 0.25) is 0 Å². The monoisotopic (exact) mass is 216 g/mol. The molecule has 0 bridgehead atoms. The van der Waals surface area contributed by atoms with Gasteiger partial charge in [0, 0.05) is 23.6 Å². The van der Waals surface area contributed by atoms with Gasteiger partial charge in [0.2, 0.25) is 0 Å². The molecular weight excluding hydrogens is 204 g/mol. The highest BCUT2D eigenvalue weighted by atomic mass is 16.1. The zero-order valence-corrected chi connectivity index (χ0v) is 8.55. The number of nitrogen functional groups attached to an aromatic ring is 2. The van der Waals surface area contributed by atoms with Crippen LogP contribution in [0.25, 0.3) is 11.1 Å². The van der Waals surface area contributed by atoms with Crippen molar-refractivity contribution in [1.29, 1.82) is 0 Å². The number of rotatable bonds is 2. The van der Waals surface area contributed by atoms with Crippen molar-refractivity contribution >= 4 is 11.6 Å². The Kier molecular flexibility index (Phi) is 2.28. The molecule has 0 fully saturated rings. The van der Waals surface area contributed by atoms with Gasteiger partial charge >= 0.3 is 0 Å². The summed E-state index contributed by atoms with van der Waals surface area (Å²) < 4.78 is 1.31. The first-order valence-corrected chi connectivity index (χ1v) is 4.70. The van der Waals surface area contributed by atoms with E-state index in [1.165, 1.54) is 10.9 Å². The lowest BCUT2D eigenvalue weighted by molar-refractivity contribution is 0.100. The largest absolute Gasteiger partial charge is 0.399 e. The molecule has 1 aromatic carbocycles. The van der Waals surface area contributed by atoms with Crippen molar-refractivity contribution in [2.75, 3.05) is 11.6 Å². The highest BCUT2D eigenvalue weighted by Crippen LogP contribution is 2.24. The van der Waals surface area contributed by atoms with Crippen molar-refractivity contribution < 1.29 is 4.79 Å². The number of nitrogens with zero attached hydrogens (tertiary/aromatic N) is 1. The zero-order chi connectivity index (χ0) is 11.7. The Labute approximate surface area is 92.4 Å². The van der Waals surface area contributed by atoms with E-state index in [0.29, 0.717) is 16.8 Å². The molecule has 1 aromatic heterocycles. The maximum atomic E-state index is 11.2. The average molecular weight is 216 g/mol. The molecule has 5 heteroatoms. The Hall–Kier alpha value is -2.43. The third-order valence-corrected chi connectivity index (χ3v) is 2.33. The number of carbonyl (C=O) groups is 1. The molecule has 0 atom stereocenters. The molecule has 2 aromatic rings. The predicted octanol–water partition coefficient (Wildman–Crippen LogP) is 0.550. The molecule has 82 valence electrons. The van der Waals surface area contributed by atoms with E-state index >= 15 is 0 Å². The number of aromatic nitrogens is 1. The van der Waals surface area contributed by atoms with Gasteiger partial charge in [-0.05, 0) is 17.7 Å². The minimum atomic E-state index is -0.504. The van der Waals surface area contributed by atoms with E-state index in [-0.39, 0.29) is 0 Å². The summed E-state index contributed by atoms with van der Waals surface area (Å²) in [4.78, 5) is 11.2. The van der Waals surface area contributed by atoms with E-state index in [1.807, 2.05) is 12.1 Å². The lowest BCUT2D eigenvalue weighted by Gasteiger charge is -2.01. The van der Waals surface area contributed by atoms with Gasteiger partial charge in [0.15, 0.2) is 0 Å². The molecule has 0 aliphatic rings. The molecule has 1 amide bonds. The van der Waals surface area contributed by atoms with Crippen molar-refractivity contribution in [3.63, 3.8) is 0 Å². The summed E-state index contributed by atoms with van der Waals surface area (Å²) in [5, 5.41) is 0. The molecule has 0 aliphatic carbocycles. The Morgan fingerprint density at radius 2 is 1.75 bits per heavy atom. The summed E-state index contributed by atoms with van der Waals surface area (Å²) in [5.41, 5.74) is 13.5. The highest BCUT2D eigenvalue weighted by Gasteiger charge is 2.12. The van der Waals surface area contributed by atoms with Crippen molar-refractivity contribution in [1.82, 2.24) is 4.68 Å². The van der Waals surface area contributed by atoms with Crippen molar-refractivity contribution in [2.24, 2.45) is 5.73 Å². The Morgan fingerprint density at radius 3 is 2.31 bits per heavy atom. The van der Waals surface area contributed by atoms with Gasteiger partial charge in [-0.1, -0.05) is 12.1 Å². The third kappa shape index (κ3) is 1.70. The topological polar surface area (TPSA) is 100 Å². The van der Waals surface area contributed by atoms with Crippen LogP contribution in [-0.4, -0.2) is 10.6 Å². The summed E-state index contributed by atoms with van der Waals surface area (Å²) >= 11 is 0. The van der Waals surface area contributed by atoms with Crippen LogP contribution < -0.4 is 17.3 Å². The molecule has 0 aliphatic heterocycles. The fraction of sp³-hybridized carbons (Fsp3) is 0. The van der Waals surface area contributed by atoms with E-state index in [9.17, 15) is 4.79 Å². The van der Waals surface area contributed by atoms with Crippen LogP contribution in [-0.2, 0) is 0 Å². The van der Waals surface area contributed by atoms with E-state index in [0.717, 1.165) is 5.56 Å². The van der Waals surface area contributed by atoms with Crippen molar-refractivity contribution in [3.05, 3.63) is 42.2 Å². The normalized spacial score (nSPS) is 10.2. The highest BCUT2D eigenvalue weighted by molar-refractivity contribution is 5.99. The first-order valence-electron chi connectivity index (χ1n) is 4.70. The summed E-state index contributed by atoms with van der Waals surface area (Å²) in [6.07, 6.45) is 3.14. The van der Waals surface area contributed by atoms with Crippen LogP contribution in [0.5, 0.6) is 0 Å². The molecule has 2 rings (SSSR count). The first-order chi connectivity index (χ1) is 7.58. The smallest absolute Gasteiger partial charge is 0.250 e. The number of anilines is 1. The second-order valence-corrected chi connectivity index (χ2v) is 3.52. The third-order valence-electron chi connectivity index (χ3n) is 2.33.